The largest absolute Gasteiger partial charge is 0.336 e. The fourth-order valence-electron chi connectivity index (χ4n) is 3.72. The monoisotopic (exact) mass is 375 g/mol. The van der Waals surface area contributed by atoms with Gasteiger partial charge in [-0.05, 0) is 50.6 Å². The molecule has 0 aliphatic carbocycles. The van der Waals surface area contributed by atoms with Gasteiger partial charge in [0.2, 0.25) is 11.8 Å². The van der Waals surface area contributed by atoms with Crippen molar-refractivity contribution in [1.29, 1.82) is 5.26 Å². The number of carbonyl (C=O) groups is 2. The van der Waals surface area contributed by atoms with E-state index in [1.165, 1.54) is 0 Å². The van der Waals surface area contributed by atoms with Crippen LogP contribution in [0.4, 0.5) is 5.69 Å². The van der Waals surface area contributed by atoms with Crippen molar-refractivity contribution >= 4 is 17.5 Å². The summed E-state index contributed by atoms with van der Waals surface area (Å²) in [5.74, 6) is -0.346. The quantitative estimate of drug-likeness (QED) is 0.798. The van der Waals surface area contributed by atoms with Crippen molar-refractivity contribution in [2.24, 2.45) is 5.92 Å². The van der Waals surface area contributed by atoms with Gasteiger partial charge < -0.3 is 9.80 Å². The van der Waals surface area contributed by atoms with E-state index in [4.69, 9.17) is 5.26 Å². The highest BCUT2D eigenvalue weighted by Crippen LogP contribution is 2.29. The Hall–Kier alpha value is -3.13. The van der Waals surface area contributed by atoms with E-state index in [0.717, 1.165) is 16.8 Å². The van der Waals surface area contributed by atoms with E-state index in [1.54, 1.807) is 17.0 Å². The molecule has 0 N–H and O–H groups in total. The molecular formula is C23H25N3O2. The molecular weight excluding hydrogens is 350 g/mol. The lowest BCUT2D eigenvalue weighted by Gasteiger charge is -2.30. The zero-order chi connectivity index (χ0) is 20.3. The van der Waals surface area contributed by atoms with E-state index in [0.29, 0.717) is 18.7 Å². The summed E-state index contributed by atoms with van der Waals surface area (Å²) in [6.45, 7) is 6.92. The SMILES string of the molecule is CCN(C(=O)C1CC(=O)N(c2ccc(C)cc2)C1)C(C)c1ccc(C#N)cc1. The van der Waals surface area contributed by atoms with Crippen LogP contribution in [0.5, 0.6) is 0 Å². The maximum Gasteiger partial charge on any atom is 0.228 e. The number of anilines is 1. The number of benzene rings is 2. The van der Waals surface area contributed by atoms with Gasteiger partial charge in [0.1, 0.15) is 0 Å². The third-order valence-corrected chi connectivity index (χ3v) is 5.43. The van der Waals surface area contributed by atoms with Crippen LogP contribution in [0, 0.1) is 24.2 Å². The fraction of sp³-hybridized carbons (Fsp3) is 0.348. The molecule has 0 bridgehead atoms. The van der Waals surface area contributed by atoms with Crippen LogP contribution in [0.1, 0.15) is 43.0 Å². The van der Waals surface area contributed by atoms with Crippen molar-refractivity contribution in [3.8, 4) is 6.07 Å². The Morgan fingerprint density at radius 3 is 2.43 bits per heavy atom. The average molecular weight is 375 g/mol. The minimum Gasteiger partial charge on any atom is -0.336 e. The van der Waals surface area contributed by atoms with Crippen molar-refractivity contribution in [2.45, 2.75) is 33.2 Å². The Morgan fingerprint density at radius 2 is 1.86 bits per heavy atom. The average Bonchev–Trinajstić information content (AvgIpc) is 3.10. The second-order valence-electron chi connectivity index (χ2n) is 7.27. The minimum atomic E-state index is -0.338. The molecule has 0 saturated carbocycles. The summed E-state index contributed by atoms with van der Waals surface area (Å²) in [6, 6.07) is 17.1. The first-order chi connectivity index (χ1) is 13.4. The van der Waals surface area contributed by atoms with E-state index in [1.807, 2.05) is 62.1 Å². The number of aryl methyl sites for hydroxylation is 1. The smallest absolute Gasteiger partial charge is 0.228 e. The van der Waals surface area contributed by atoms with Crippen LogP contribution in [-0.2, 0) is 9.59 Å². The number of hydrogen-bond acceptors (Lipinski definition) is 3. The standard InChI is InChI=1S/C23H25N3O2/c1-4-25(17(3)19-9-7-18(14-24)8-10-19)23(28)20-13-22(27)26(15-20)21-11-5-16(2)6-12-21/h5-12,17,20H,4,13,15H2,1-3H3. The lowest BCUT2D eigenvalue weighted by atomic mass is 10.0. The molecule has 2 amide bonds. The van der Waals surface area contributed by atoms with Gasteiger partial charge in [0, 0.05) is 25.2 Å². The molecule has 2 unspecified atom stereocenters. The van der Waals surface area contributed by atoms with Crippen LogP contribution in [0.2, 0.25) is 0 Å². The summed E-state index contributed by atoms with van der Waals surface area (Å²) >= 11 is 0. The number of nitriles is 1. The van der Waals surface area contributed by atoms with E-state index < -0.39 is 0 Å². The van der Waals surface area contributed by atoms with Gasteiger partial charge in [-0.1, -0.05) is 29.8 Å². The molecule has 28 heavy (non-hydrogen) atoms. The molecule has 144 valence electrons. The molecule has 1 saturated heterocycles. The van der Waals surface area contributed by atoms with Gasteiger partial charge in [0.15, 0.2) is 0 Å². The topological polar surface area (TPSA) is 64.4 Å². The van der Waals surface area contributed by atoms with Gasteiger partial charge in [0.25, 0.3) is 0 Å². The first-order valence-electron chi connectivity index (χ1n) is 9.62. The van der Waals surface area contributed by atoms with Gasteiger partial charge in [0.05, 0.1) is 23.6 Å². The minimum absolute atomic E-state index is 0.00215. The number of carbonyl (C=O) groups excluding carboxylic acids is 2. The molecule has 3 rings (SSSR count). The summed E-state index contributed by atoms with van der Waals surface area (Å²) in [7, 11) is 0. The van der Waals surface area contributed by atoms with Crippen LogP contribution in [0.3, 0.4) is 0 Å². The normalized spacial score (nSPS) is 17.3. The lowest BCUT2D eigenvalue weighted by molar-refractivity contribution is -0.137. The molecule has 1 heterocycles. The van der Waals surface area contributed by atoms with Crippen LogP contribution in [-0.4, -0.2) is 29.8 Å². The maximum atomic E-state index is 13.2. The van der Waals surface area contributed by atoms with Gasteiger partial charge in [-0.15, -0.1) is 0 Å². The second-order valence-corrected chi connectivity index (χ2v) is 7.27. The molecule has 2 aromatic rings. The number of amides is 2. The zero-order valence-corrected chi connectivity index (χ0v) is 16.6. The summed E-state index contributed by atoms with van der Waals surface area (Å²) < 4.78 is 0. The Kier molecular flexibility index (Phi) is 5.79. The second kappa shape index (κ2) is 8.26. The molecule has 0 aromatic heterocycles. The van der Waals surface area contributed by atoms with Crippen molar-refractivity contribution in [1.82, 2.24) is 4.90 Å². The predicted molar refractivity (Wildman–Crippen MR) is 109 cm³/mol. The maximum absolute atomic E-state index is 13.2. The first-order valence-corrected chi connectivity index (χ1v) is 9.62. The number of nitrogens with zero attached hydrogens (tertiary/aromatic N) is 3. The predicted octanol–water partition coefficient (Wildman–Crippen LogP) is 3.83. The van der Waals surface area contributed by atoms with Crippen molar-refractivity contribution in [3.63, 3.8) is 0 Å². The third-order valence-electron chi connectivity index (χ3n) is 5.43. The van der Waals surface area contributed by atoms with Gasteiger partial charge >= 0.3 is 0 Å². The van der Waals surface area contributed by atoms with E-state index >= 15 is 0 Å². The molecule has 2 atom stereocenters. The molecule has 5 heteroatoms. The highest BCUT2D eigenvalue weighted by atomic mass is 16.2. The van der Waals surface area contributed by atoms with Crippen molar-refractivity contribution in [3.05, 3.63) is 65.2 Å². The lowest BCUT2D eigenvalue weighted by Crippen LogP contribution is -2.39. The third kappa shape index (κ3) is 3.91. The zero-order valence-electron chi connectivity index (χ0n) is 16.6. The Labute approximate surface area is 166 Å². The van der Waals surface area contributed by atoms with Crippen LogP contribution < -0.4 is 4.90 Å². The van der Waals surface area contributed by atoms with Crippen LogP contribution in [0.15, 0.2) is 48.5 Å². The van der Waals surface area contributed by atoms with Gasteiger partial charge in [-0.25, -0.2) is 0 Å². The molecule has 5 nitrogen and oxygen atoms in total. The molecule has 1 aliphatic heterocycles. The molecule has 1 fully saturated rings. The Balaban J connectivity index is 1.74. The van der Waals surface area contributed by atoms with E-state index in [-0.39, 0.29) is 30.2 Å². The van der Waals surface area contributed by atoms with Gasteiger partial charge in [-0.3, -0.25) is 9.59 Å². The number of hydrogen-bond donors (Lipinski definition) is 0. The first kappa shape index (κ1) is 19.6. The van der Waals surface area contributed by atoms with Gasteiger partial charge in [-0.2, -0.15) is 5.26 Å². The summed E-state index contributed by atoms with van der Waals surface area (Å²) in [4.78, 5) is 29.2. The Morgan fingerprint density at radius 1 is 1.21 bits per heavy atom. The van der Waals surface area contributed by atoms with Crippen LogP contribution >= 0.6 is 0 Å². The van der Waals surface area contributed by atoms with E-state index in [2.05, 4.69) is 6.07 Å². The molecule has 0 spiro atoms. The molecule has 1 aliphatic rings. The Bertz CT molecular complexity index is 897. The highest BCUT2D eigenvalue weighted by molar-refractivity contribution is 6.00. The molecule has 2 aromatic carbocycles. The summed E-state index contributed by atoms with van der Waals surface area (Å²) in [5.41, 5.74) is 3.56. The fourth-order valence-corrected chi connectivity index (χ4v) is 3.72. The van der Waals surface area contributed by atoms with Crippen LogP contribution in [0.25, 0.3) is 0 Å². The summed E-state index contributed by atoms with van der Waals surface area (Å²) in [5, 5.41) is 8.96. The molecule has 0 radical (unpaired) electrons. The summed E-state index contributed by atoms with van der Waals surface area (Å²) in [6.07, 6.45) is 0.239. The highest BCUT2D eigenvalue weighted by Gasteiger charge is 2.38. The van der Waals surface area contributed by atoms with E-state index in [9.17, 15) is 9.59 Å². The number of rotatable bonds is 5. The van der Waals surface area contributed by atoms with Crippen molar-refractivity contribution < 1.29 is 9.59 Å². The van der Waals surface area contributed by atoms with Crippen molar-refractivity contribution in [2.75, 3.05) is 18.0 Å².